The molecule has 3 N–H and O–H groups in total. The Morgan fingerprint density at radius 2 is 2.06 bits per heavy atom. The molecule has 5 nitrogen and oxygen atoms in total. The van der Waals surface area contributed by atoms with E-state index >= 15 is 0 Å². The van der Waals surface area contributed by atoms with Crippen LogP contribution >= 0.6 is 0 Å². The zero-order valence-electron chi connectivity index (χ0n) is 10.3. The van der Waals surface area contributed by atoms with Crippen LogP contribution in [-0.4, -0.2) is 27.0 Å². The number of methoxy groups -OCH3 is 1. The first-order chi connectivity index (χ1) is 8.55. The lowest BCUT2D eigenvalue weighted by molar-refractivity contribution is 0.396. The van der Waals surface area contributed by atoms with E-state index in [9.17, 15) is 8.42 Å². The molecule has 6 heteroatoms. The molecule has 0 radical (unpaired) electrons. The first-order valence-electron chi connectivity index (χ1n) is 5.86. The molecule has 2 atom stereocenters. The van der Waals surface area contributed by atoms with Crippen LogP contribution in [0.1, 0.15) is 18.0 Å². The van der Waals surface area contributed by atoms with Gasteiger partial charge in [-0.25, -0.2) is 8.42 Å². The van der Waals surface area contributed by atoms with Crippen molar-refractivity contribution in [1.29, 1.82) is 0 Å². The second-order valence-electron chi connectivity index (χ2n) is 4.58. The van der Waals surface area contributed by atoms with Crippen LogP contribution in [0.2, 0.25) is 0 Å². The van der Waals surface area contributed by atoms with Gasteiger partial charge in [-0.15, -0.1) is 0 Å². The van der Waals surface area contributed by atoms with Crippen LogP contribution in [-0.2, 0) is 9.84 Å². The molecular formula is C12H18N2O3S. The second-order valence-corrected chi connectivity index (χ2v) is 6.81. The fourth-order valence-electron chi connectivity index (χ4n) is 2.40. The lowest BCUT2D eigenvalue weighted by atomic mass is 9.93. The topological polar surface area (TPSA) is 81.4 Å². The number of benzene rings is 1. The van der Waals surface area contributed by atoms with Gasteiger partial charge in [-0.3, -0.25) is 11.3 Å². The molecule has 0 aromatic heterocycles. The van der Waals surface area contributed by atoms with E-state index in [-0.39, 0.29) is 23.5 Å². The molecule has 0 spiro atoms. The Labute approximate surface area is 107 Å². The molecular weight excluding hydrogens is 252 g/mol. The van der Waals surface area contributed by atoms with Gasteiger partial charge in [0.2, 0.25) is 0 Å². The molecule has 1 fully saturated rings. The molecule has 1 heterocycles. The van der Waals surface area contributed by atoms with E-state index in [1.54, 1.807) is 7.11 Å². The average Bonchev–Trinajstić information content (AvgIpc) is 2.71. The lowest BCUT2D eigenvalue weighted by Gasteiger charge is -2.22. The number of nitrogens with two attached hydrogens (primary N) is 1. The molecule has 0 saturated carbocycles. The van der Waals surface area contributed by atoms with Gasteiger partial charge < -0.3 is 4.74 Å². The number of hydrogen-bond acceptors (Lipinski definition) is 5. The minimum absolute atomic E-state index is 0.0356. The first-order valence-corrected chi connectivity index (χ1v) is 7.68. The summed E-state index contributed by atoms with van der Waals surface area (Å²) in [5.74, 6) is 6.83. The number of hydrogen-bond donors (Lipinski definition) is 2. The highest BCUT2D eigenvalue weighted by atomic mass is 32.2. The minimum Gasteiger partial charge on any atom is -0.497 e. The molecule has 0 aliphatic carbocycles. The van der Waals surface area contributed by atoms with Crippen molar-refractivity contribution in [2.24, 2.45) is 11.8 Å². The highest BCUT2D eigenvalue weighted by molar-refractivity contribution is 7.91. The van der Waals surface area contributed by atoms with Crippen molar-refractivity contribution in [3.8, 4) is 5.75 Å². The molecule has 1 aromatic rings. The molecule has 1 saturated heterocycles. The van der Waals surface area contributed by atoms with E-state index in [2.05, 4.69) is 5.43 Å². The van der Waals surface area contributed by atoms with Crippen LogP contribution in [0.4, 0.5) is 0 Å². The number of rotatable bonds is 4. The van der Waals surface area contributed by atoms with E-state index in [1.807, 2.05) is 24.3 Å². The highest BCUT2D eigenvalue weighted by Gasteiger charge is 2.33. The fourth-order valence-corrected chi connectivity index (χ4v) is 4.24. The largest absolute Gasteiger partial charge is 0.497 e. The third kappa shape index (κ3) is 2.82. The maximum Gasteiger partial charge on any atom is 0.150 e. The van der Waals surface area contributed by atoms with Crippen LogP contribution in [0.5, 0.6) is 5.75 Å². The van der Waals surface area contributed by atoms with Gasteiger partial charge in [0.05, 0.1) is 18.6 Å². The average molecular weight is 270 g/mol. The fraction of sp³-hybridized carbons (Fsp3) is 0.500. The van der Waals surface area contributed by atoms with Crippen molar-refractivity contribution < 1.29 is 13.2 Å². The Morgan fingerprint density at radius 3 is 2.50 bits per heavy atom. The smallest absolute Gasteiger partial charge is 0.150 e. The molecule has 2 unspecified atom stereocenters. The van der Waals surface area contributed by atoms with Gasteiger partial charge in [0.15, 0.2) is 9.84 Å². The van der Waals surface area contributed by atoms with Crippen molar-refractivity contribution in [2.75, 3.05) is 18.6 Å². The van der Waals surface area contributed by atoms with Gasteiger partial charge in [0.1, 0.15) is 5.75 Å². The zero-order valence-corrected chi connectivity index (χ0v) is 11.1. The molecule has 2 rings (SSSR count). The number of hydrazine groups is 1. The van der Waals surface area contributed by atoms with E-state index in [0.717, 1.165) is 11.3 Å². The molecule has 1 aliphatic rings. The van der Waals surface area contributed by atoms with Crippen LogP contribution in [0.3, 0.4) is 0 Å². The van der Waals surface area contributed by atoms with E-state index in [0.29, 0.717) is 6.42 Å². The van der Waals surface area contributed by atoms with Crippen LogP contribution in [0.15, 0.2) is 24.3 Å². The molecule has 0 bridgehead atoms. The van der Waals surface area contributed by atoms with Crippen molar-refractivity contribution in [3.63, 3.8) is 0 Å². The Hall–Kier alpha value is -1.11. The molecule has 0 amide bonds. The zero-order chi connectivity index (χ0) is 13.2. The van der Waals surface area contributed by atoms with Crippen molar-refractivity contribution >= 4 is 9.84 Å². The summed E-state index contributed by atoms with van der Waals surface area (Å²) in [6, 6.07) is 7.39. The van der Waals surface area contributed by atoms with Crippen molar-refractivity contribution in [3.05, 3.63) is 29.8 Å². The normalized spacial score (nSPS) is 23.8. The Morgan fingerprint density at radius 1 is 1.39 bits per heavy atom. The Bertz CT molecular complexity index is 499. The van der Waals surface area contributed by atoms with E-state index < -0.39 is 9.84 Å². The molecule has 100 valence electrons. The maximum atomic E-state index is 11.5. The quantitative estimate of drug-likeness (QED) is 0.619. The van der Waals surface area contributed by atoms with Crippen LogP contribution in [0, 0.1) is 5.92 Å². The first kappa shape index (κ1) is 13.3. The molecule has 1 aromatic carbocycles. The van der Waals surface area contributed by atoms with E-state index in [1.165, 1.54) is 0 Å². The predicted molar refractivity (Wildman–Crippen MR) is 69.8 cm³/mol. The standard InChI is InChI=1S/C12H18N2O3S/c1-17-11-4-2-9(3-5-11)12(14-13)10-6-7-18(15,16)8-10/h2-5,10,12,14H,6-8,13H2,1H3. The molecule has 18 heavy (non-hydrogen) atoms. The second kappa shape index (κ2) is 5.26. The summed E-state index contributed by atoms with van der Waals surface area (Å²) < 4.78 is 28.1. The maximum absolute atomic E-state index is 11.5. The summed E-state index contributed by atoms with van der Waals surface area (Å²) in [6.45, 7) is 0. The number of ether oxygens (including phenoxy) is 1. The van der Waals surface area contributed by atoms with Crippen LogP contribution in [0.25, 0.3) is 0 Å². The van der Waals surface area contributed by atoms with E-state index in [4.69, 9.17) is 10.6 Å². The van der Waals surface area contributed by atoms with Gasteiger partial charge in [-0.2, -0.15) is 0 Å². The summed E-state index contributed by atoms with van der Waals surface area (Å²) in [5, 5.41) is 0. The summed E-state index contributed by atoms with van der Waals surface area (Å²) >= 11 is 0. The summed E-state index contributed by atoms with van der Waals surface area (Å²) in [7, 11) is -1.28. The highest BCUT2D eigenvalue weighted by Crippen LogP contribution is 2.31. The third-order valence-corrected chi connectivity index (χ3v) is 5.19. The minimum atomic E-state index is -2.89. The van der Waals surface area contributed by atoms with Gasteiger partial charge >= 0.3 is 0 Å². The van der Waals surface area contributed by atoms with Crippen molar-refractivity contribution in [2.45, 2.75) is 12.5 Å². The monoisotopic (exact) mass is 270 g/mol. The SMILES string of the molecule is COc1ccc(C(NN)C2CCS(=O)(=O)C2)cc1. The third-order valence-electron chi connectivity index (χ3n) is 3.39. The summed E-state index contributed by atoms with van der Waals surface area (Å²) in [6.07, 6.45) is 0.656. The molecule has 1 aliphatic heterocycles. The van der Waals surface area contributed by atoms with Gasteiger partial charge in [-0.1, -0.05) is 12.1 Å². The summed E-state index contributed by atoms with van der Waals surface area (Å²) in [5.41, 5.74) is 3.72. The van der Waals surface area contributed by atoms with Crippen molar-refractivity contribution in [1.82, 2.24) is 5.43 Å². The number of sulfone groups is 1. The van der Waals surface area contributed by atoms with Crippen LogP contribution < -0.4 is 16.0 Å². The van der Waals surface area contributed by atoms with Gasteiger partial charge in [-0.05, 0) is 30.0 Å². The predicted octanol–water partition coefficient (Wildman–Crippen LogP) is 0.634. The Kier molecular flexibility index (Phi) is 3.89. The number of nitrogens with one attached hydrogen (secondary N) is 1. The van der Waals surface area contributed by atoms with Gasteiger partial charge in [0, 0.05) is 6.04 Å². The van der Waals surface area contributed by atoms with Gasteiger partial charge in [0.25, 0.3) is 0 Å². The lowest BCUT2D eigenvalue weighted by Crippen LogP contribution is -2.34. The Balaban J connectivity index is 2.18. The summed E-state index contributed by atoms with van der Waals surface area (Å²) in [4.78, 5) is 0.